The zero-order valence-electron chi connectivity index (χ0n) is 10.8. The van der Waals surface area contributed by atoms with Crippen LogP contribution in [0.5, 0.6) is 0 Å². The van der Waals surface area contributed by atoms with Crippen LogP contribution in [-0.4, -0.2) is 36.1 Å². The Morgan fingerprint density at radius 2 is 2.33 bits per heavy atom. The van der Waals surface area contributed by atoms with Crippen LogP contribution in [0.15, 0.2) is 12.4 Å². The molecule has 0 bridgehead atoms. The largest absolute Gasteiger partial charge is 0.355 e. The van der Waals surface area contributed by atoms with Crippen molar-refractivity contribution in [2.45, 2.75) is 25.8 Å². The first-order chi connectivity index (χ1) is 8.75. The van der Waals surface area contributed by atoms with Crippen molar-refractivity contribution in [2.24, 2.45) is 0 Å². The number of fused-ring (bicyclic) bond motifs is 1. The van der Waals surface area contributed by atoms with E-state index in [-0.39, 0.29) is 0 Å². The van der Waals surface area contributed by atoms with Crippen molar-refractivity contribution in [3.8, 4) is 0 Å². The first kappa shape index (κ1) is 11.9. The summed E-state index contributed by atoms with van der Waals surface area (Å²) in [5.41, 5.74) is 0. The minimum atomic E-state index is 0.539. The quantitative estimate of drug-likeness (QED) is 0.900. The Bertz CT molecular complexity index is 545. The molecule has 96 valence electrons. The van der Waals surface area contributed by atoms with Gasteiger partial charge in [-0.15, -0.1) is 11.3 Å². The monoisotopic (exact) mass is 262 g/mol. The lowest BCUT2D eigenvalue weighted by Crippen LogP contribution is -2.44. The van der Waals surface area contributed by atoms with Gasteiger partial charge < -0.3 is 10.2 Å². The first-order valence-corrected chi connectivity index (χ1v) is 7.22. The molecule has 1 fully saturated rings. The lowest BCUT2D eigenvalue weighted by molar-refractivity contribution is 0.444. The highest BCUT2D eigenvalue weighted by molar-refractivity contribution is 7.18. The molecule has 3 heterocycles. The van der Waals surface area contributed by atoms with Crippen LogP contribution in [0.25, 0.3) is 10.2 Å². The summed E-state index contributed by atoms with van der Waals surface area (Å²) < 4.78 is 0. The van der Waals surface area contributed by atoms with Gasteiger partial charge in [-0.3, -0.25) is 0 Å². The number of piperidine rings is 1. The molecular formula is C13H18N4S. The number of nitrogens with zero attached hydrogens (tertiary/aromatic N) is 3. The van der Waals surface area contributed by atoms with Crippen molar-refractivity contribution in [1.82, 2.24) is 15.3 Å². The molecule has 1 unspecified atom stereocenters. The maximum atomic E-state index is 4.49. The van der Waals surface area contributed by atoms with E-state index in [4.69, 9.17) is 0 Å². The van der Waals surface area contributed by atoms with Crippen LogP contribution in [-0.2, 0) is 0 Å². The van der Waals surface area contributed by atoms with Crippen LogP contribution in [0, 0.1) is 6.92 Å². The van der Waals surface area contributed by atoms with Crippen molar-refractivity contribution in [1.29, 1.82) is 0 Å². The van der Waals surface area contributed by atoms with E-state index in [1.165, 1.54) is 23.1 Å². The highest BCUT2D eigenvalue weighted by atomic mass is 32.1. The van der Waals surface area contributed by atoms with Gasteiger partial charge in [0.25, 0.3) is 0 Å². The molecule has 3 rings (SSSR count). The van der Waals surface area contributed by atoms with E-state index in [0.29, 0.717) is 6.04 Å². The second-order valence-corrected chi connectivity index (χ2v) is 6.12. The minimum Gasteiger partial charge on any atom is -0.355 e. The van der Waals surface area contributed by atoms with Gasteiger partial charge in [-0.25, -0.2) is 9.97 Å². The van der Waals surface area contributed by atoms with Crippen molar-refractivity contribution in [3.05, 3.63) is 17.3 Å². The summed E-state index contributed by atoms with van der Waals surface area (Å²) in [6.07, 6.45) is 4.16. The molecule has 2 aromatic heterocycles. The highest BCUT2D eigenvalue weighted by Gasteiger charge is 2.21. The fraction of sp³-hybridized carbons (Fsp3) is 0.538. The van der Waals surface area contributed by atoms with Crippen LogP contribution >= 0.6 is 11.3 Å². The number of thiophene rings is 1. The average molecular weight is 262 g/mol. The summed E-state index contributed by atoms with van der Waals surface area (Å²) in [6, 6.07) is 2.74. The molecule has 0 spiro atoms. The molecule has 1 saturated heterocycles. The maximum absolute atomic E-state index is 4.49. The summed E-state index contributed by atoms with van der Waals surface area (Å²) >= 11 is 1.74. The molecule has 0 aromatic carbocycles. The predicted molar refractivity (Wildman–Crippen MR) is 76.4 cm³/mol. The van der Waals surface area contributed by atoms with Gasteiger partial charge in [-0.2, -0.15) is 0 Å². The Balaban J connectivity index is 1.97. The van der Waals surface area contributed by atoms with E-state index in [0.717, 1.165) is 23.7 Å². The molecule has 1 aliphatic rings. The number of rotatable bonds is 2. The second-order valence-electron chi connectivity index (χ2n) is 4.88. The van der Waals surface area contributed by atoms with Crippen molar-refractivity contribution < 1.29 is 0 Å². The summed E-state index contributed by atoms with van der Waals surface area (Å²) in [7, 11) is 2.15. The van der Waals surface area contributed by atoms with Gasteiger partial charge >= 0.3 is 0 Å². The van der Waals surface area contributed by atoms with Gasteiger partial charge in [0.1, 0.15) is 17.0 Å². The number of nitrogens with one attached hydrogen (secondary N) is 1. The Morgan fingerprint density at radius 3 is 3.11 bits per heavy atom. The van der Waals surface area contributed by atoms with Crippen molar-refractivity contribution in [2.75, 3.05) is 25.0 Å². The number of likely N-dealkylation sites (N-methyl/N-ethyl adjacent to an activating group) is 1. The lowest BCUT2D eigenvalue weighted by atomic mass is 10.1. The van der Waals surface area contributed by atoms with Crippen LogP contribution in [0.1, 0.15) is 17.7 Å². The van der Waals surface area contributed by atoms with E-state index in [1.54, 1.807) is 17.7 Å². The van der Waals surface area contributed by atoms with Gasteiger partial charge in [-0.05, 0) is 32.4 Å². The van der Waals surface area contributed by atoms with Crippen LogP contribution < -0.4 is 10.2 Å². The molecule has 0 saturated carbocycles. The Kier molecular flexibility index (Phi) is 3.18. The summed E-state index contributed by atoms with van der Waals surface area (Å²) in [6.45, 7) is 4.31. The molecule has 1 N–H and O–H groups in total. The third kappa shape index (κ3) is 2.08. The molecule has 2 aromatic rings. The minimum absolute atomic E-state index is 0.539. The molecule has 0 radical (unpaired) electrons. The van der Waals surface area contributed by atoms with E-state index in [1.807, 2.05) is 0 Å². The van der Waals surface area contributed by atoms with Crippen LogP contribution in [0.2, 0.25) is 0 Å². The van der Waals surface area contributed by atoms with E-state index >= 15 is 0 Å². The zero-order chi connectivity index (χ0) is 12.5. The fourth-order valence-corrected chi connectivity index (χ4v) is 3.42. The third-order valence-corrected chi connectivity index (χ3v) is 4.54. The summed E-state index contributed by atoms with van der Waals surface area (Å²) in [5.74, 6) is 1.07. The second kappa shape index (κ2) is 4.82. The Hall–Kier alpha value is -1.20. The summed E-state index contributed by atoms with van der Waals surface area (Å²) in [4.78, 5) is 13.5. The number of anilines is 1. The highest BCUT2D eigenvalue weighted by Crippen LogP contribution is 2.30. The van der Waals surface area contributed by atoms with Crippen molar-refractivity contribution in [3.63, 3.8) is 0 Å². The molecule has 18 heavy (non-hydrogen) atoms. The van der Waals surface area contributed by atoms with Crippen LogP contribution in [0.4, 0.5) is 5.82 Å². The SMILES string of the molecule is Cc1cc2c(N(C)C3CCCNC3)ncnc2s1. The molecule has 4 nitrogen and oxygen atoms in total. The van der Waals surface area contributed by atoms with Gasteiger partial charge in [0, 0.05) is 24.5 Å². The van der Waals surface area contributed by atoms with Gasteiger partial charge in [0.05, 0.1) is 5.39 Å². The Labute approximate surface area is 111 Å². The van der Waals surface area contributed by atoms with Gasteiger partial charge in [0.2, 0.25) is 0 Å². The molecule has 0 amide bonds. The number of aromatic nitrogens is 2. The predicted octanol–water partition coefficient (Wildman–Crippen LogP) is 2.19. The topological polar surface area (TPSA) is 41.0 Å². The smallest absolute Gasteiger partial charge is 0.140 e. The van der Waals surface area contributed by atoms with E-state index in [9.17, 15) is 0 Å². The molecule has 1 aliphatic heterocycles. The maximum Gasteiger partial charge on any atom is 0.140 e. The zero-order valence-corrected chi connectivity index (χ0v) is 11.6. The average Bonchev–Trinajstić information content (AvgIpc) is 2.79. The molecular weight excluding hydrogens is 244 g/mol. The van der Waals surface area contributed by atoms with Crippen molar-refractivity contribution >= 4 is 27.4 Å². The van der Waals surface area contributed by atoms with Crippen LogP contribution in [0.3, 0.4) is 0 Å². The number of aryl methyl sites for hydroxylation is 1. The molecule has 1 atom stereocenters. The normalized spacial score (nSPS) is 20.2. The van der Waals surface area contributed by atoms with E-state index < -0.39 is 0 Å². The Morgan fingerprint density at radius 1 is 1.44 bits per heavy atom. The summed E-state index contributed by atoms with van der Waals surface area (Å²) in [5, 5.41) is 4.64. The number of hydrogen-bond donors (Lipinski definition) is 1. The molecule has 5 heteroatoms. The van der Waals surface area contributed by atoms with E-state index in [2.05, 4.69) is 40.2 Å². The fourth-order valence-electron chi connectivity index (χ4n) is 2.58. The lowest BCUT2D eigenvalue weighted by Gasteiger charge is -2.32. The molecule has 0 aliphatic carbocycles. The van der Waals surface area contributed by atoms with Gasteiger partial charge in [-0.1, -0.05) is 0 Å². The first-order valence-electron chi connectivity index (χ1n) is 6.40. The van der Waals surface area contributed by atoms with Gasteiger partial charge in [0.15, 0.2) is 0 Å². The standard InChI is InChI=1S/C13H18N4S/c1-9-6-11-12(15-8-16-13(11)18-9)17(2)10-4-3-5-14-7-10/h6,8,10,14H,3-5,7H2,1-2H3. The number of hydrogen-bond acceptors (Lipinski definition) is 5. The third-order valence-electron chi connectivity index (χ3n) is 3.58.